The van der Waals surface area contributed by atoms with Crippen molar-refractivity contribution in [1.82, 2.24) is 9.97 Å². The second-order valence-corrected chi connectivity index (χ2v) is 11.3. The highest BCUT2D eigenvalue weighted by Gasteiger charge is 2.57. The molecule has 0 aliphatic carbocycles. The van der Waals surface area contributed by atoms with Crippen LogP contribution in [0.4, 0.5) is 22.0 Å². The third-order valence-corrected chi connectivity index (χ3v) is 9.42. The molecule has 3 aromatic rings. The van der Waals surface area contributed by atoms with Gasteiger partial charge in [0, 0.05) is 21.8 Å². The van der Waals surface area contributed by atoms with Gasteiger partial charge in [0.25, 0.3) is 0 Å². The third-order valence-electron chi connectivity index (χ3n) is 4.79. The summed E-state index contributed by atoms with van der Waals surface area (Å²) in [5.74, 6) is 0.723. The summed E-state index contributed by atoms with van der Waals surface area (Å²) >= 11 is 3.81. The highest BCUT2D eigenvalue weighted by atomic mass is 79.9. The van der Waals surface area contributed by atoms with E-state index in [0.29, 0.717) is 33.8 Å². The lowest BCUT2D eigenvalue weighted by atomic mass is 10.1. The van der Waals surface area contributed by atoms with Gasteiger partial charge >= 0.3 is 19.4 Å². The molecule has 14 heteroatoms. The first-order valence-corrected chi connectivity index (χ1v) is 13.7. The maximum Gasteiger partial charge on any atom is 0.405 e. The van der Waals surface area contributed by atoms with E-state index in [4.69, 9.17) is 13.8 Å². The lowest BCUT2D eigenvalue weighted by Crippen LogP contribution is -2.17. The molecule has 0 amide bonds. The fraction of sp³-hybridized carbons (Fsp3) is 0.476. The Hall–Kier alpha value is -1.53. The molecule has 0 aliphatic heterocycles. The largest absolute Gasteiger partial charge is 0.492 e. The van der Waals surface area contributed by atoms with Crippen molar-refractivity contribution in [2.24, 2.45) is 0 Å². The molecule has 0 saturated carbocycles. The van der Waals surface area contributed by atoms with Gasteiger partial charge in [0.1, 0.15) is 16.5 Å². The van der Waals surface area contributed by atoms with Gasteiger partial charge in [0.15, 0.2) is 0 Å². The van der Waals surface area contributed by atoms with Crippen LogP contribution in [0.5, 0.6) is 5.75 Å². The van der Waals surface area contributed by atoms with E-state index in [1.165, 1.54) is 20.0 Å². The zero-order valence-corrected chi connectivity index (χ0v) is 22.3. The summed E-state index contributed by atoms with van der Waals surface area (Å²) in [5.41, 5.74) is -2.92. The van der Waals surface area contributed by atoms with E-state index < -0.39 is 30.7 Å². The molecule has 2 heterocycles. The lowest BCUT2D eigenvalue weighted by Gasteiger charge is -2.25. The number of nitrogens with zero attached hydrogens (tertiary/aromatic N) is 1. The number of aromatic amines is 1. The minimum absolute atomic E-state index is 0.0413. The molecule has 0 unspecified atom stereocenters. The molecule has 0 radical (unpaired) electrons. The van der Waals surface area contributed by atoms with Crippen molar-refractivity contribution in [3.05, 3.63) is 33.5 Å². The van der Waals surface area contributed by atoms with Crippen LogP contribution in [0.25, 0.3) is 21.3 Å². The first-order chi connectivity index (χ1) is 16.3. The Morgan fingerprint density at radius 1 is 1.14 bits per heavy atom. The van der Waals surface area contributed by atoms with E-state index in [0.717, 1.165) is 0 Å². The predicted octanol–water partition coefficient (Wildman–Crippen LogP) is 8.40. The number of ether oxygens (including phenoxy) is 1. The summed E-state index contributed by atoms with van der Waals surface area (Å²) in [7, 11) is -4.89. The average Bonchev–Trinajstić information content (AvgIpc) is 3.34. The summed E-state index contributed by atoms with van der Waals surface area (Å²) in [5, 5.41) is 0.305. The Morgan fingerprint density at radius 3 is 2.34 bits per heavy atom. The number of alkyl halides is 5. The standard InChI is InChI=1S/C21H23BrF5N2O4PS/c1-4-32-34(30,33-5-2)21(26,27)19-17(22)14-9-13(15-11-28-12(3)29-15)10-16(18(14)35-19)31-8-6-7-20(23,24)25/h9-11H,4-8H2,1-3H3,(H,28,29). The monoisotopic (exact) mass is 604 g/mol. The Bertz CT molecular complexity index is 1220. The van der Waals surface area contributed by atoms with E-state index >= 15 is 8.78 Å². The second-order valence-electron chi connectivity index (χ2n) is 7.42. The molecule has 0 fully saturated rings. The van der Waals surface area contributed by atoms with Crippen molar-refractivity contribution in [3.8, 4) is 17.0 Å². The topological polar surface area (TPSA) is 73.4 Å². The van der Waals surface area contributed by atoms with Crippen LogP contribution in [0, 0.1) is 6.92 Å². The molecule has 0 spiro atoms. The van der Waals surface area contributed by atoms with Crippen molar-refractivity contribution in [2.75, 3.05) is 19.8 Å². The molecular weight excluding hydrogens is 582 g/mol. The molecule has 0 saturated heterocycles. The van der Waals surface area contributed by atoms with Crippen LogP contribution in [-0.4, -0.2) is 36.0 Å². The number of halogens is 6. The fourth-order valence-corrected chi connectivity index (χ4v) is 7.30. The van der Waals surface area contributed by atoms with E-state index in [1.54, 1.807) is 19.1 Å². The van der Waals surface area contributed by atoms with E-state index in [2.05, 4.69) is 25.9 Å². The number of benzene rings is 1. The fourth-order valence-electron chi connectivity index (χ4n) is 3.28. The van der Waals surface area contributed by atoms with Crippen LogP contribution < -0.4 is 4.74 Å². The number of imidazole rings is 1. The number of rotatable bonds is 11. The van der Waals surface area contributed by atoms with Crippen molar-refractivity contribution in [1.29, 1.82) is 0 Å². The summed E-state index contributed by atoms with van der Waals surface area (Å²) < 4.78 is 97.4. The van der Waals surface area contributed by atoms with Gasteiger partial charge in [-0.25, -0.2) is 4.98 Å². The van der Waals surface area contributed by atoms with E-state index in [-0.39, 0.29) is 41.2 Å². The number of hydrogen-bond acceptors (Lipinski definition) is 6. The Kier molecular flexibility index (Phi) is 8.69. The van der Waals surface area contributed by atoms with E-state index in [1.807, 2.05) is 0 Å². The Labute approximate surface area is 210 Å². The van der Waals surface area contributed by atoms with Gasteiger partial charge in [-0.3, -0.25) is 4.57 Å². The number of hydrogen-bond donors (Lipinski definition) is 1. The van der Waals surface area contributed by atoms with Crippen LogP contribution >= 0.6 is 34.9 Å². The number of aryl methyl sites for hydroxylation is 1. The molecular formula is C21H23BrF5N2O4PS. The highest BCUT2D eigenvalue weighted by Crippen LogP contribution is 2.69. The zero-order chi connectivity index (χ0) is 26.0. The molecule has 0 bridgehead atoms. The number of H-pyrrole nitrogens is 1. The average molecular weight is 605 g/mol. The molecule has 1 aromatic carbocycles. The van der Waals surface area contributed by atoms with Gasteiger partial charge in [-0.1, -0.05) is 0 Å². The first kappa shape index (κ1) is 28.0. The zero-order valence-electron chi connectivity index (χ0n) is 19.0. The van der Waals surface area contributed by atoms with Gasteiger partial charge in [-0.05, 0) is 55.3 Å². The summed E-state index contributed by atoms with van der Waals surface area (Å²) in [4.78, 5) is 6.55. The number of thiophene rings is 1. The molecule has 1 N–H and O–H groups in total. The lowest BCUT2D eigenvalue weighted by molar-refractivity contribution is -0.136. The minimum atomic E-state index is -4.89. The summed E-state index contributed by atoms with van der Waals surface area (Å²) in [6.45, 7) is 3.78. The molecule has 6 nitrogen and oxygen atoms in total. The summed E-state index contributed by atoms with van der Waals surface area (Å²) in [6.07, 6.45) is -4.15. The SMILES string of the molecule is CCOP(=O)(OCC)C(F)(F)c1sc2c(OCCCC(F)(F)F)cc(-c3cnc(C)[nH]3)cc2c1Br. The summed E-state index contributed by atoms with van der Waals surface area (Å²) in [6, 6.07) is 3.15. The minimum Gasteiger partial charge on any atom is -0.492 e. The number of fused-ring (bicyclic) bond motifs is 1. The second kappa shape index (κ2) is 10.8. The molecule has 194 valence electrons. The third kappa shape index (κ3) is 6.07. The van der Waals surface area contributed by atoms with Gasteiger partial charge in [-0.15, -0.1) is 11.3 Å². The Balaban J connectivity index is 2.12. The Morgan fingerprint density at radius 2 is 1.80 bits per heavy atom. The number of nitrogens with one attached hydrogen (secondary N) is 1. The van der Waals surface area contributed by atoms with Crippen LogP contribution in [-0.2, 0) is 19.3 Å². The van der Waals surface area contributed by atoms with Crippen LogP contribution in [0.3, 0.4) is 0 Å². The molecule has 2 aromatic heterocycles. The molecule has 3 rings (SSSR count). The van der Waals surface area contributed by atoms with Gasteiger partial charge in [-0.2, -0.15) is 22.0 Å². The molecule has 0 atom stereocenters. The first-order valence-electron chi connectivity index (χ1n) is 10.6. The van der Waals surface area contributed by atoms with Gasteiger partial charge in [0.2, 0.25) is 0 Å². The van der Waals surface area contributed by atoms with Crippen LogP contribution in [0.15, 0.2) is 22.8 Å². The van der Waals surface area contributed by atoms with Crippen LogP contribution in [0.2, 0.25) is 0 Å². The molecule has 35 heavy (non-hydrogen) atoms. The van der Waals surface area contributed by atoms with Crippen molar-refractivity contribution in [2.45, 2.75) is 45.5 Å². The normalized spacial score (nSPS) is 13.1. The van der Waals surface area contributed by atoms with Crippen molar-refractivity contribution in [3.63, 3.8) is 0 Å². The highest BCUT2D eigenvalue weighted by molar-refractivity contribution is 9.10. The number of aromatic nitrogens is 2. The predicted molar refractivity (Wildman–Crippen MR) is 127 cm³/mol. The maximum atomic E-state index is 15.6. The van der Waals surface area contributed by atoms with E-state index in [9.17, 15) is 17.7 Å². The van der Waals surface area contributed by atoms with Gasteiger partial charge in [0.05, 0.1) is 36.4 Å². The van der Waals surface area contributed by atoms with Gasteiger partial charge < -0.3 is 18.8 Å². The van der Waals surface area contributed by atoms with Crippen molar-refractivity contribution < 1.29 is 40.3 Å². The van der Waals surface area contributed by atoms with Crippen molar-refractivity contribution >= 4 is 44.9 Å². The smallest absolute Gasteiger partial charge is 0.405 e. The quantitative estimate of drug-likeness (QED) is 0.135. The van der Waals surface area contributed by atoms with Crippen LogP contribution in [0.1, 0.15) is 37.4 Å². The molecule has 0 aliphatic rings. The maximum absolute atomic E-state index is 15.6.